The summed E-state index contributed by atoms with van der Waals surface area (Å²) in [6, 6.07) is 0. The average molecular weight is 882 g/mol. The number of nitrogens with zero attached hydrogens (tertiary/aromatic N) is 1. The van der Waals surface area contributed by atoms with Gasteiger partial charge >= 0.3 is 11.9 Å². The molecule has 0 saturated heterocycles. The summed E-state index contributed by atoms with van der Waals surface area (Å²) in [5.41, 5.74) is 0. The highest BCUT2D eigenvalue weighted by molar-refractivity contribution is 7.45. The van der Waals surface area contributed by atoms with Gasteiger partial charge in [-0.15, -0.1) is 0 Å². The highest BCUT2D eigenvalue weighted by Crippen LogP contribution is 2.38. The van der Waals surface area contributed by atoms with Gasteiger partial charge in [0.15, 0.2) is 6.10 Å². The van der Waals surface area contributed by atoms with Gasteiger partial charge in [-0.2, -0.15) is 0 Å². The molecule has 1 unspecified atom stereocenters. The van der Waals surface area contributed by atoms with Crippen LogP contribution in [0, 0.1) is 0 Å². The lowest BCUT2D eigenvalue weighted by Gasteiger charge is -2.28. The van der Waals surface area contributed by atoms with Gasteiger partial charge in [-0.1, -0.05) is 191 Å². The maximum atomic E-state index is 12.7. The number of hydrogen-bond acceptors (Lipinski definition) is 9. The first-order valence-corrected chi connectivity index (χ1v) is 25.9. The van der Waals surface area contributed by atoms with E-state index in [2.05, 4.69) is 44.2 Å². The van der Waals surface area contributed by atoms with Crippen molar-refractivity contribution in [2.24, 2.45) is 0 Å². The topological polar surface area (TPSA) is 131 Å². The van der Waals surface area contributed by atoms with E-state index in [9.17, 15) is 24.2 Å². The molecule has 0 spiro atoms. The molecule has 0 aromatic carbocycles. The smallest absolute Gasteiger partial charge is 0.306 e. The molecule has 0 rings (SSSR count). The molecular formula is C50H92NO9P. The molecule has 1 N–H and O–H groups in total. The van der Waals surface area contributed by atoms with Gasteiger partial charge in [-0.05, 0) is 44.9 Å². The Morgan fingerprint density at radius 2 is 1.05 bits per heavy atom. The van der Waals surface area contributed by atoms with Crippen LogP contribution in [-0.4, -0.2) is 81.2 Å². The molecule has 0 aliphatic rings. The number of allylic oxidation sites excluding steroid dienone is 7. The van der Waals surface area contributed by atoms with Crippen molar-refractivity contribution in [1.29, 1.82) is 0 Å². The van der Waals surface area contributed by atoms with Crippen LogP contribution in [0.3, 0.4) is 0 Å². The van der Waals surface area contributed by atoms with Crippen LogP contribution >= 0.6 is 7.82 Å². The van der Waals surface area contributed by atoms with Crippen molar-refractivity contribution in [2.75, 3.05) is 47.5 Å². The fourth-order valence-corrected chi connectivity index (χ4v) is 7.28. The molecule has 61 heavy (non-hydrogen) atoms. The number of hydrogen-bond donors (Lipinski definition) is 1. The third-order valence-electron chi connectivity index (χ3n) is 10.4. The van der Waals surface area contributed by atoms with Crippen molar-refractivity contribution in [2.45, 2.75) is 212 Å². The Morgan fingerprint density at radius 1 is 0.590 bits per heavy atom. The van der Waals surface area contributed by atoms with E-state index in [4.69, 9.17) is 18.5 Å². The summed E-state index contributed by atoms with van der Waals surface area (Å²) in [6.07, 6.45) is 46.2. The summed E-state index contributed by atoms with van der Waals surface area (Å²) in [4.78, 5) is 37.6. The zero-order valence-corrected chi connectivity index (χ0v) is 40.6. The summed E-state index contributed by atoms with van der Waals surface area (Å²) < 4.78 is 33.9. The van der Waals surface area contributed by atoms with E-state index in [1.807, 2.05) is 39.4 Å². The number of carbonyl (C=O) groups is 2. The van der Waals surface area contributed by atoms with E-state index in [0.717, 1.165) is 57.8 Å². The first kappa shape index (κ1) is 58.9. The third kappa shape index (κ3) is 45.8. The number of aliphatic hydroxyl groups excluding tert-OH is 1. The fourth-order valence-electron chi connectivity index (χ4n) is 6.55. The first-order chi connectivity index (χ1) is 29.4. The predicted molar refractivity (Wildman–Crippen MR) is 251 cm³/mol. The predicted octanol–water partition coefficient (Wildman–Crippen LogP) is 12.6. The van der Waals surface area contributed by atoms with Crippen LogP contribution in [0.2, 0.25) is 0 Å². The zero-order valence-electron chi connectivity index (χ0n) is 39.7. The largest absolute Gasteiger partial charge is 0.756 e. The van der Waals surface area contributed by atoms with Gasteiger partial charge in [0, 0.05) is 12.8 Å². The van der Waals surface area contributed by atoms with Crippen LogP contribution in [0.15, 0.2) is 48.6 Å². The molecule has 0 aromatic heterocycles. The lowest BCUT2D eigenvalue weighted by atomic mass is 10.0. The lowest BCUT2D eigenvalue weighted by molar-refractivity contribution is -0.870. The maximum Gasteiger partial charge on any atom is 0.306 e. The van der Waals surface area contributed by atoms with Gasteiger partial charge in [0.25, 0.3) is 7.82 Å². The van der Waals surface area contributed by atoms with Gasteiger partial charge in [-0.25, -0.2) is 0 Å². The second-order valence-corrected chi connectivity index (χ2v) is 19.1. The number of ether oxygens (including phenoxy) is 2. The van der Waals surface area contributed by atoms with Gasteiger partial charge in [-0.3, -0.25) is 14.2 Å². The van der Waals surface area contributed by atoms with Gasteiger partial charge in [0.05, 0.1) is 33.9 Å². The average Bonchev–Trinajstić information content (AvgIpc) is 3.21. The molecule has 0 amide bonds. The number of phosphoric acid groups is 1. The SMILES string of the molecule is CCCCCCCCCCCCCCCCCCCCCC(=O)O[C@H](COC(=O)CCC/C=C\C/C=C\C/C=C\C/C=C\[C@@H](O)CCCC)COP(=O)([O-])OCC[N+](C)(C)C. The molecule has 10 nitrogen and oxygen atoms in total. The van der Waals surface area contributed by atoms with Gasteiger partial charge in [0.1, 0.15) is 19.8 Å². The zero-order chi connectivity index (χ0) is 45.1. The van der Waals surface area contributed by atoms with E-state index in [-0.39, 0.29) is 32.2 Å². The number of aliphatic hydroxyl groups is 1. The Kier molecular flexibility index (Phi) is 40.5. The van der Waals surface area contributed by atoms with Crippen LogP contribution in [0.4, 0.5) is 0 Å². The van der Waals surface area contributed by atoms with Crippen LogP contribution in [0.25, 0.3) is 0 Å². The highest BCUT2D eigenvalue weighted by atomic mass is 31.2. The van der Waals surface area contributed by atoms with E-state index < -0.39 is 32.5 Å². The number of quaternary nitrogens is 1. The van der Waals surface area contributed by atoms with Crippen LogP contribution < -0.4 is 4.89 Å². The lowest BCUT2D eigenvalue weighted by Crippen LogP contribution is -2.37. The minimum atomic E-state index is -4.65. The van der Waals surface area contributed by atoms with Crippen LogP contribution in [-0.2, 0) is 32.7 Å². The second kappa shape index (κ2) is 41.9. The molecule has 0 radical (unpaired) electrons. The number of likely N-dealkylation sites (N-methyl/N-ethyl adjacent to an activating group) is 1. The molecule has 11 heteroatoms. The van der Waals surface area contributed by atoms with E-state index >= 15 is 0 Å². The molecule has 356 valence electrons. The monoisotopic (exact) mass is 882 g/mol. The molecule has 0 heterocycles. The third-order valence-corrected chi connectivity index (χ3v) is 11.4. The van der Waals surface area contributed by atoms with Crippen LogP contribution in [0.1, 0.15) is 200 Å². The summed E-state index contributed by atoms with van der Waals surface area (Å²) in [7, 11) is 1.11. The number of rotatable bonds is 44. The normalized spacial score (nSPS) is 14.4. The summed E-state index contributed by atoms with van der Waals surface area (Å²) in [6.45, 7) is 4.02. The Hall–Kier alpha value is -2.07. The number of unbranched alkanes of at least 4 members (excludes halogenated alkanes) is 20. The van der Waals surface area contributed by atoms with Crippen molar-refractivity contribution >= 4 is 19.8 Å². The second-order valence-electron chi connectivity index (χ2n) is 17.7. The van der Waals surface area contributed by atoms with Crippen molar-refractivity contribution in [3.05, 3.63) is 48.6 Å². The fraction of sp³-hybridized carbons (Fsp3) is 0.800. The van der Waals surface area contributed by atoms with E-state index in [0.29, 0.717) is 30.3 Å². The van der Waals surface area contributed by atoms with Crippen molar-refractivity contribution in [1.82, 2.24) is 0 Å². The van der Waals surface area contributed by atoms with Gasteiger partial charge < -0.3 is 33.0 Å². The Labute approximate surface area is 374 Å². The quantitative estimate of drug-likeness (QED) is 0.0209. The maximum absolute atomic E-state index is 12.7. The Balaban J connectivity index is 4.38. The molecule has 0 aliphatic heterocycles. The van der Waals surface area contributed by atoms with Crippen molar-refractivity contribution < 1.29 is 47.2 Å². The van der Waals surface area contributed by atoms with E-state index in [1.54, 1.807) is 0 Å². The number of carbonyl (C=O) groups excluding carboxylic acids is 2. The molecule has 0 fully saturated rings. The molecule has 0 aromatic rings. The summed E-state index contributed by atoms with van der Waals surface area (Å²) in [5.74, 6) is -0.917. The molecule has 0 saturated carbocycles. The molecule has 0 bridgehead atoms. The van der Waals surface area contributed by atoms with E-state index in [1.165, 1.54) is 96.3 Å². The Morgan fingerprint density at radius 3 is 1.56 bits per heavy atom. The summed E-state index contributed by atoms with van der Waals surface area (Å²) in [5, 5.41) is 9.83. The Bertz CT molecular complexity index is 1200. The number of esters is 2. The number of phosphoric ester groups is 1. The summed E-state index contributed by atoms with van der Waals surface area (Å²) >= 11 is 0. The molecular weight excluding hydrogens is 790 g/mol. The van der Waals surface area contributed by atoms with Crippen molar-refractivity contribution in [3.63, 3.8) is 0 Å². The van der Waals surface area contributed by atoms with Crippen LogP contribution in [0.5, 0.6) is 0 Å². The minimum absolute atomic E-state index is 0.0460. The highest BCUT2D eigenvalue weighted by Gasteiger charge is 2.21. The molecule has 0 aliphatic carbocycles. The first-order valence-electron chi connectivity index (χ1n) is 24.4. The van der Waals surface area contributed by atoms with Gasteiger partial charge in [0.2, 0.25) is 0 Å². The standard InChI is InChI=1S/C50H92NO9P/c1-6-8-10-11-12-13-14-15-16-17-18-19-20-21-26-29-32-35-38-42-50(54)60-48(46-59-61(55,56)58-44-43-51(3,4)5)45-57-49(53)41-37-34-31-28-25-23-22-24-27-30-33-36-40-47(52)39-9-7-2/h22-23,27-28,30-31,36,40,47-48,52H,6-21,24-26,29,32-35,37-39,41-46H2,1-5H3/b23-22-,30-27-,31-28-,40-36-/t47-,48+/m0/s1. The molecule has 3 atom stereocenters. The minimum Gasteiger partial charge on any atom is -0.756 e. The van der Waals surface area contributed by atoms with Crippen molar-refractivity contribution in [3.8, 4) is 0 Å².